The minimum absolute atomic E-state index is 0.220. The molecule has 11 heteroatoms. The van der Waals surface area contributed by atoms with Crippen LogP contribution in [0.4, 0.5) is 0 Å². The van der Waals surface area contributed by atoms with Gasteiger partial charge in [-0.1, -0.05) is 11.6 Å². The minimum Gasteiger partial charge on any atom is -0.347 e. The summed E-state index contributed by atoms with van der Waals surface area (Å²) in [5, 5.41) is 3.33. The van der Waals surface area contributed by atoms with Crippen LogP contribution in [0.3, 0.4) is 0 Å². The SMILES string of the molecule is CC(C)(C)ONC(=O)C1CCN(S(=O)(=O)c2ccc(CNC(=O)c3ccc(Cl)cc3)s2)CC1. The second-order valence-corrected chi connectivity index (χ2v) is 12.5. The van der Waals surface area contributed by atoms with Gasteiger partial charge in [0.05, 0.1) is 12.1 Å². The van der Waals surface area contributed by atoms with E-state index in [1.807, 2.05) is 20.8 Å². The number of hydrogen-bond acceptors (Lipinski definition) is 6. The molecule has 1 aliphatic heterocycles. The molecule has 0 bridgehead atoms. The van der Waals surface area contributed by atoms with Crippen molar-refractivity contribution in [3.8, 4) is 0 Å². The lowest BCUT2D eigenvalue weighted by atomic mass is 9.98. The molecule has 0 radical (unpaired) electrons. The summed E-state index contributed by atoms with van der Waals surface area (Å²) in [6.45, 7) is 6.24. The van der Waals surface area contributed by atoms with Crippen LogP contribution >= 0.6 is 22.9 Å². The molecule has 1 aliphatic rings. The Morgan fingerprint density at radius 3 is 2.36 bits per heavy atom. The van der Waals surface area contributed by atoms with E-state index in [2.05, 4.69) is 10.8 Å². The van der Waals surface area contributed by atoms with E-state index in [-0.39, 0.29) is 41.6 Å². The highest BCUT2D eigenvalue weighted by atomic mass is 35.5. The molecule has 3 rings (SSSR count). The fraction of sp³-hybridized carbons (Fsp3) is 0.455. The maximum atomic E-state index is 13.0. The van der Waals surface area contributed by atoms with E-state index >= 15 is 0 Å². The van der Waals surface area contributed by atoms with E-state index in [1.165, 1.54) is 4.31 Å². The zero-order valence-corrected chi connectivity index (χ0v) is 21.1. The highest BCUT2D eigenvalue weighted by molar-refractivity contribution is 7.91. The topological polar surface area (TPSA) is 105 Å². The monoisotopic (exact) mass is 513 g/mol. The number of nitrogens with one attached hydrogen (secondary N) is 2. The lowest BCUT2D eigenvalue weighted by Gasteiger charge is -2.30. The van der Waals surface area contributed by atoms with Gasteiger partial charge >= 0.3 is 0 Å². The average Bonchev–Trinajstić information content (AvgIpc) is 3.26. The number of thiophene rings is 1. The number of carbonyl (C=O) groups is 2. The Bertz CT molecular complexity index is 1090. The van der Waals surface area contributed by atoms with Gasteiger partial charge in [-0.05, 0) is 70.0 Å². The highest BCUT2D eigenvalue weighted by Gasteiger charge is 2.33. The van der Waals surface area contributed by atoms with Gasteiger partial charge in [-0.25, -0.2) is 13.9 Å². The third kappa shape index (κ3) is 7.00. The van der Waals surface area contributed by atoms with Crippen molar-refractivity contribution in [2.45, 2.75) is 50.0 Å². The number of hydrogen-bond donors (Lipinski definition) is 2. The van der Waals surface area contributed by atoms with Crippen molar-refractivity contribution in [1.82, 2.24) is 15.1 Å². The molecule has 2 aromatic rings. The standard InChI is InChI=1S/C22H28ClN3O5S2/c1-22(2,3)31-25-21(28)16-10-12-26(13-11-16)33(29,30)19-9-8-18(32-19)14-24-20(27)15-4-6-17(23)7-5-15/h4-9,16H,10-14H2,1-3H3,(H,24,27)(H,25,28). The van der Waals surface area contributed by atoms with Gasteiger partial charge in [0.25, 0.3) is 15.9 Å². The predicted octanol–water partition coefficient (Wildman–Crippen LogP) is 3.58. The van der Waals surface area contributed by atoms with Crippen molar-refractivity contribution in [3.63, 3.8) is 0 Å². The molecular weight excluding hydrogens is 486 g/mol. The Hall–Kier alpha value is -1.98. The Morgan fingerprint density at radius 1 is 1.12 bits per heavy atom. The Kier molecular flexibility index (Phi) is 8.17. The van der Waals surface area contributed by atoms with Gasteiger partial charge in [-0.15, -0.1) is 11.3 Å². The van der Waals surface area contributed by atoms with E-state index in [1.54, 1.807) is 36.4 Å². The van der Waals surface area contributed by atoms with Gasteiger partial charge < -0.3 is 5.32 Å². The smallest absolute Gasteiger partial charge is 0.252 e. The minimum atomic E-state index is -3.66. The van der Waals surface area contributed by atoms with Gasteiger partial charge in [0.15, 0.2) is 0 Å². The third-order valence-electron chi connectivity index (χ3n) is 5.04. The van der Waals surface area contributed by atoms with Crippen LogP contribution in [0.2, 0.25) is 5.02 Å². The molecule has 180 valence electrons. The van der Waals surface area contributed by atoms with Gasteiger partial charge in [0, 0.05) is 34.5 Å². The number of sulfonamides is 1. The first-order valence-electron chi connectivity index (χ1n) is 10.6. The molecule has 2 heterocycles. The number of piperidine rings is 1. The van der Waals surface area contributed by atoms with Crippen LogP contribution < -0.4 is 10.8 Å². The quantitative estimate of drug-likeness (QED) is 0.550. The van der Waals surface area contributed by atoms with E-state index in [9.17, 15) is 18.0 Å². The van der Waals surface area contributed by atoms with E-state index < -0.39 is 15.6 Å². The number of nitrogens with zero attached hydrogens (tertiary/aromatic N) is 1. The molecule has 1 aromatic carbocycles. The summed E-state index contributed by atoms with van der Waals surface area (Å²) in [6.07, 6.45) is 0.849. The molecule has 1 fully saturated rings. The molecule has 0 atom stereocenters. The third-order valence-corrected chi connectivity index (χ3v) is 8.75. The maximum Gasteiger partial charge on any atom is 0.252 e. The fourth-order valence-corrected chi connectivity index (χ4v) is 6.28. The molecule has 33 heavy (non-hydrogen) atoms. The molecular formula is C22H28ClN3O5S2. The van der Waals surface area contributed by atoms with Gasteiger partial charge in [-0.3, -0.25) is 14.4 Å². The maximum absolute atomic E-state index is 13.0. The number of amides is 2. The first kappa shape index (κ1) is 25.6. The molecule has 2 N–H and O–H groups in total. The summed E-state index contributed by atoms with van der Waals surface area (Å²) in [4.78, 5) is 30.6. The first-order chi connectivity index (χ1) is 15.5. The van der Waals surface area contributed by atoms with Crippen LogP contribution in [0, 0.1) is 5.92 Å². The van der Waals surface area contributed by atoms with Crippen molar-refractivity contribution in [2.75, 3.05) is 13.1 Å². The fourth-order valence-electron chi connectivity index (χ4n) is 3.23. The average molecular weight is 514 g/mol. The van der Waals surface area contributed by atoms with Crippen molar-refractivity contribution >= 4 is 44.8 Å². The van der Waals surface area contributed by atoms with E-state index in [0.717, 1.165) is 16.2 Å². The zero-order valence-electron chi connectivity index (χ0n) is 18.8. The number of hydroxylamine groups is 1. The van der Waals surface area contributed by atoms with Crippen molar-refractivity contribution in [3.05, 3.63) is 51.9 Å². The Balaban J connectivity index is 1.53. The molecule has 1 saturated heterocycles. The number of halogens is 1. The van der Waals surface area contributed by atoms with Crippen LogP contribution in [0.1, 0.15) is 48.8 Å². The number of benzene rings is 1. The van der Waals surface area contributed by atoms with Gasteiger partial charge in [0.2, 0.25) is 5.91 Å². The predicted molar refractivity (Wildman–Crippen MR) is 127 cm³/mol. The molecule has 1 aromatic heterocycles. The molecule has 8 nitrogen and oxygen atoms in total. The van der Waals surface area contributed by atoms with Crippen LogP contribution in [-0.2, 0) is 26.2 Å². The first-order valence-corrected chi connectivity index (χ1v) is 13.2. The summed E-state index contributed by atoms with van der Waals surface area (Å²) >= 11 is 6.96. The van der Waals surface area contributed by atoms with Gasteiger partial charge in [0.1, 0.15) is 4.21 Å². The summed E-state index contributed by atoms with van der Waals surface area (Å²) in [7, 11) is -3.66. The molecule has 0 aliphatic carbocycles. The lowest BCUT2D eigenvalue weighted by Crippen LogP contribution is -2.44. The molecule has 2 amide bonds. The molecule has 0 spiro atoms. The zero-order chi connectivity index (χ0) is 24.2. The summed E-state index contributed by atoms with van der Waals surface area (Å²) < 4.78 is 27.7. The second kappa shape index (κ2) is 10.5. The number of carbonyl (C=O) groups excluding carboxylic acids is 2. The second-order valence-electron chi connectivity index (χ2n) is 8.77. The van der Waals surface area contributed by atoms with Crippen LogP contribution in [0.15, 0.2) is 40.6 Å². The number of rotatable bonds is 7. The largest absolute Gasteiger partial charge is 0.347 e. The lowest BCUT2D eigenvalue weighted by molar-refractivity contribution is -0.150. The van der Waals surface area contributed by atoms with Crippen LogP contribution in [0.25, 0.3) is 0 Å². The van der Waals surface area contributed by atoms with E-state index in [4.69, 9.17) is 16.4 Å². The van der Waals surface area contributed by atoms with Crippen molar-refractivity contribution in [2.24, 2.45) is 5.92 Å². The summed E-state index contributed by atoms with van der Waals surface area (Å²) in [6, 6.07) is 9.78. The van der Waals surface area contributed by atoms with Crippen LogP contribution in [-0.4, -0.2) is 43.2 Å². The Morgan fingerprint density at radius 2 is 1.76 bits per heavy atom. The summed E-state index contributed by atoms with van der Waals surface area (Å²) in [5.74, 6) is -0.780. The van der Waals surface area contributed by atoms with Crippen molar-refractivity contribution < 1.29 is 22.8 Å². The van der Waals surface area contributed by atoms with Crippen molar-refractivity contribution in [1.29, 1.82) is 0 Å². The molecule has 0 saturated carbocycles. The normalized spacial score (nSPS) is 15.9. The van der Waals surface area contributed by atoms with Gasteiger partial charge in [-0.2, -0.15) is 4.31 Å². The van der Waals surface area contributed by atoms with Crippen LogP contribution in [0.5, 0.6) is 0 Å². The summed E-state index contributed by atoms with van der Waals surface area (Å²) in [5.41, 5.74) is 2.45. The van der Waals surface area contributed by atoms with E-state index in [0.29, 0.717) is 23.4 Å². The highest BCUT2D eigenvalue weighted by Crippen LogP contribution is 2.28. The Labute approximate surface area is 203 Å². The molecule has 0 unspecified atom stereocenters.